The number of hydrogen-bond donors (Lipinski definition) is 1. The molecule has 0 aliphatic carbocycles. The number of aromatic nitrogens is 2. The highest BCUT2D eigenvalue weighted by Crippen LogP contribution is 2.19. The minimum Gasteiger partial charge on any atom is -0.306 e. The van der Waals surface area contributed by atoms with E-state index in [1.807, 2.05) is 32.0 Å². The Kier molecular flexibility index (Phi) is 4.49. The SMILES string of the molecule is CCc1ccc(Br)cc1C(=O)Nc1nc(C)ncc1C. The fourth-order valence-electron chi connectivity index (χ4n) is 1.90. The van der Waals surface area contributed by atoms with E-state index < -0.39 is 0 Å². The molecule has 5 heteroatoms. The summed E-state index contributed by atoms with van der Waals surface area (Å²) in [4.78, 5) is 20.8. The number of amides is 1. The minimum absolute atomic E-state index is 0.149. The lowest BCUT2D eigenvalue weighted by Gasteiger charge is -2.11. The van der Waals surface area contributed by atoms with Crippen molar-refractivity contribution in [3.63, 3.8) is 0 Å². The second kappa shape index (κ2) is 6.13. The van der Waals surface area contributed by atoms with Gasteiger partial charge in [0.1, 0.15) is 11.6 Å². The van der Waals surface area contributed by atoms with Crippen molar-refractivity contribution in [2.45, 2.75) is 27.2 Å². The Hall–Kier alpha value is -1.75. The van der Waals surface area contributed by atoms with Gasteiger partial charge < -0.3 is 5.32 Å². The normalized spacial score (nSPS) is 10.4. The molecule has 0 fully saturated rings. The van der Waals surface area contributed by atoms with Crippen LogP contribution in [0.2, 0.25) is 0 Å². The van der Waals surface area contributed by atoms with Crippen molar-refractivity contribution >= 4 is 27.7 Å². The standard InChI is InChI=1S/C15H16BrN3O/c1-4-11-5-6-12(16)7-13(11)15(20)19-14-9(2)8-17-10(3)18-14/h5-8H,4H2,1-3H3,(H,17,18,19,20). The second-order valence-electron chi connectivity index (χ2n) is 4.56. The van der Waals surface area contributed by atoms with Crippen LogP contribution in [0.25, 0.3) is 0 Å². The number of benzene rings is 1. The molecular formula is C15H16BrN3O. The van der Waals surface area contributed by atoms with Crippen LogP contribution in [0, 0.1) is 13.8 Å². The number of carbonyl (C=O) groups excluding carboxylic acids is 1. The topological polar surface area (TPSA) is 54.9 Å². The van der Waals surface area contributed by atoms with Gasteiger partial charge in [-0.2, -0.15) is 0 Å². The summed E-state index contributed by atoms with van der Waals surface area (Å²) in [5, 5.41) is 2.86. The van der Waals surface area contributed by atoms with Crippen molar-refractivity contribution in [2.75, 3.05) is 5.32 Å². The zero-order valence-electron chi connectivity index (χ0n) is 11.7. The number of nitrogens with zero attached hydrogens (tertiary/aromatic N) is 2. The third-order valence-electron chi connectivity index (χ3n) is 3.02. The molecule has 0 aliphatic rings. The molecule has 4 nitrogen and oxygen atoms in total. The molecule has 0 spiro atoms. The maximum absolute atomic E-state index is 12.4. The number of nitrogens with one attached hydrogen (secondary N) is 1. The molecule has 1 aromatic carbocycles. The van der Waals surface area contributed by atoms with E-state index in [0.717, 1.165) is 22.0 Å². The van der Waals surface area contributed by atoms with Gasteiger partial charge in [0.15, 0.2) is 0 Å². The summed E-state index contributed by atoms with van der Waals surface area (Å²) >= 11 is 3.40. The summed E-state index contributed by atoms with van der Waals surface area (Å²) in [6, 6.07) is 5.73. The Morgan fingerprint density at radius 3 is 2.80 bits per heavy atom. The Morgan fingerprint density at radius 2 is 2.10 bits per heavy atom. The molecule has 104 valence electrons. The molecule has 2 rings (SSSR count). The lowest BCUT2D eigenvalue weighted by Crippen LogP contribution is -2.16. The monoisotopic (exact) mass is 333 g/mol. The van der Waals surface area contributed by atoms with Crippen molar-refractivity contribution in [3.05, 3.63) is 51.4 Å². The summed E-state index contributed by atoms with van der Waals surface area (Å²) in [5.41, 5.74) is 2.52. The Morgan fingerprint density at radius 1 is 1.35 bits per heavy atom. The highest BCUT2D eigenvalue weighted by molar-refractivity contribution is 9.10. The smallest absolute Gasteiger partial charge is 0.257 e. The van der Waals surface area contributed by atoms with E-state index in [4.69, 9.17) is 0 Å². The molecule has 1 aromatic heterocycles. The van der Waals surface area contributed by atoms with Crippen LogP contribution in [0.5, 0.6) is 0 Å². The molecular weight excluding hydrogens is 318 g/mol. The van der Waals surface area contributed by atoms with Crippen LogP contribution in [0.3, 0.4) is 0 Å². The van der Waals surface area contributed by atoms with E-state index in [-0.39, 0.29) is 5.91 Å². The lowest BCUT2D eigenvalue weighted by atomic mass is 10.0. The van der Waals surface area contributed by atoms with Crippen LogP contribution < -0.4 is 5.32 Å². The molecule has 20 heavy (non-hydrogen) atoms. The van der Waals surface area contributed by atoms with Crippen LogP contribution >= 0.6 is 15.9 Å². The van der Waals surface area contributed by atoms with E-state index >= 15 is 0 Å². The first-order valence-electron chi connectivity index (χ1n) is 6.41. The Bertz CT molecular complexity index is 656. The number of halogens is 1. The Labute approximate surface area is 126 Å². The van der Waals surface area contributed by atoms with Gasteiger partial charge in [-0.05, 0) is 38.0 Å². The predicted octanol–water partition coefficient (Wildman–Crippen LogP) is 3.67. The van der Waals surface area contributed by atoms with E-state index in [1.165, 1.54) is 0 Å². The zero-order chi connectivity index (χ0) is 14.7. The van der Waals surface area contributed by atoms with Crippen molar-refractivity contribution in [1.82, 2.24) is 9.97 Å². The highest BCUT2D eigenvalue weighted by Gasteiger charge is 2.13. The maximum atomic E-state index is 12.4. The minimum atomic E-state index is -0.149. The van der Waals surface area contributed by atoms with Crippen LogP contribution in [0.1, 0.15) is 34.2 Å². The van der Waals surface area contributed by atoms with Crippen LogP contribution in [-0.2, 0) is 6.42 Å². The summed E-state index contributed by atoms with van der Waals surface area (Å²) in [6.07, 6.45) is 2.51. The van der Waals surface area contributed by atoms with Crippen LogP contribution in [0.15, 0.2) is 28.9 Å². The first-order chi connectivity index (χ1) is 9.51. The van der Waals surface area contributed by atoms with E-state index in [0.29, 0.717) is 17.2 Å². The van der Waals surface area contributed by atoms with Crippen molar-refractivity contribution in [1.29, 1.82) is 0 Å². The van der Waals surface area contributed by atoms with Gasteiger partial charge in [-0.15, -0.1) is 0 Å². The molecule has 0 unspecified atom stereocenters. The first-order valence-corrected chi connectivity index (χ1v) is 7.20. The first kappa shape index (κ1) is 14.7. The van der Waals surface area contributed by atoms with Crippen molar-refractivity contribution < 1.29 is 4.79 Å². The van der Waals surface area contributed by atoms with Gasteiger partial charge in [0.05, 0.1) is 0 Å². The van der Waals surface area contributed by atoms with Gasteiger partial charge in [-0.3, -0.25) is 4.79 Å². The summed E-state index contributed by atoms with van der Waals surface area (Å²) in [6.45, 7) is 5.70. The lowest BCUT2D eigenvalue weighted by molar-refractivity contribution is 0.102. The third-order valence-corrected chi connectivity index (χ3v) is 3.51. The zero-order valence-corrected chi connectivity index (χ0v) is 13.3. The third kappa shape index (κ3) is 3.22. The second-order valence-corrected chi connectivity index (χ2v) is 5.47. The summed E-state index contributed by atoms with van der Waals surface area (Å²) < 4.78 is 0.885. The van der Waals surface area contributed by atoms with Gasteiger partial charge in [-0.1, -0.05) is 28.9 Å². The number of hydrogen-bond acceptors (Lipinski definition) is 3. The average Bonchev–Trinajstić information content (AvgIpc) is 2.42. The number of aryl methyl sites for hydroxylation is 3. The molecule has 1 amide bonds. The fourth-order valence-corrected chi connectivity index (χ4v) is 2.26. The van der Waals surface area contributed by atoms with Crippen LogP contribution in [0.4, 0.5) is 5.82 Å². The highest BCUT2D eigenvalue weighted by atomic mass is 79.9. The Balaban J connectivity index is 2.32. The van der Waals surface area contributed by atoms with Gasteiger partial charge in [0, 0.05) is 21.8 Å². The number of carbonyl (C=O) groups is 1. The molecule has 0 bridgehead atoms. The summed E-state index contributed by atoms with van der Waals surface area (Å²) in [7, 11) is 0. The van der Waals surface area contributed by atoms with Crippen molar-refractivity contribution in [3.8, 4) is 0 Å². The molecule has 1 N–H and O–H groups in total. The largest absolute Gasteiger partial charge is 0.306 e. The quantitative estimate of drug-likeness (QED) is 0.932. The van der Waals surface area contributed by atoms with Gasteiger partial charge in [-0.25, -0.2) is 9.97 Å². The van der Waals surface area contributed by atoms with Gasteiger partial charge in [0.2, 0.25) is 0 Å². The molecule has 0 aliphatic heterocycles. The number of anilines is 1. The van der Waals surface area contributed by atoms with E-state index in [9.17, 15) is 4.79 Å². The fraction of sp³-hybridized carbons (Fsp3) is 0.267. The van der Waals surface area contributed by atoms with Crippen LogP contribution in [-0.4, -0.2) is 15.9 Å². The number of rotatable bonds is 3. The summed E-state index contributed by atoms with van der Waals surface area (Å²) in [5.74, 6) is 1.05. The molecule has 2 aromatic rings. The molecule has 0 radical (unpaired) electrons. The average molecular weight is 334 g/mol. The maximum Gasteiger partial charge on any atom is 0.257 e. The van der Waals surface area contributed by atoms with Gasteiger partial charge in [0.25, 0.3) is 5.91 Å². The molecule has 0 atom stereocenters. The predicted molar refractivity (Wildman–Crippen MR) is 83.0 cm³/mol. The molecule has 1 heterocycles. The molecule has 0 saturated heterocycles. The molecule has 0 saturated carbocycles. The van der Waals surface area contributed by atoms with Gasteiger partial charge >= 0.3 is 0 Å². The van der Waals surface area contributed by atoms with Crippen molar-refractivity contribution in [2.24, 2.45) is 0 Å². The van der Waals surface area contributed by atoms with E-state index in [1.54, 1.807) is 13.1 Å². The van der Waals surface area contributed by atoms with E-state index in [2.05, 4.69) is 31.2 Å².